The topological polar surface area (TPSA) is 181 Å². The number of hydrogen-bond donors (Lipinski definition) is 7. The second-order valence-electron chi connectivity index (χ2n) is 6.89. The lowest BCUT2D eigenvalue weighted by atomic mass is 9.89. The molecule has 0 spiro atoms. The molecule has 1 aromatic heterocycles. The summed E-state index contributed by atoms with van der Waals surface area (Å²) in [5, 5.41) is 69.7. The number of hydrogen-bond acceptors (Lipinski definition) is 10. The lowest BCUT2D eigenvalue weighted by molar-refractivity contribution is -0.231. The van der Waals surface area contributed by atoms with Crippen LogP contribution in [0.3, 0.4) is 0 Å². The molecule has 0 unspecified atom stereocenters. The molecule has 0 bridgehead atoms. The summed E-state index contributed by atoms with van der Waals surface area (Å²) in [4.78, 5) is 12.9. The highest BCUT2D eigenvalue weighted by Gasteiger charge is 2.46. The molecule has 3 aromatic rings. The second-order valence-corrected chi connectivity index (χ2v) is 6.89. The minimum absolute atomic E-state index is 0.0242. The Kier molecular flexibility index (Phi) is 4.60. The zero-order valence-electron chi connectivity index (χ0n) is 14.8. The fourth-order valence-electron chi connectivity index (χ4n) is 3.62. The highest BCUT2D eigenvalue weighted by molar-refractivity contribution is 5.96. The minimum Gasteiger partial charge on any atom is -0.508 e. The number of phenolic OH excluding ortho intramolecular Hbond substituents is 3. The maximum absolute atomic E-state index is 12.9. The number of phenols is 3. The van der Waals surface area contributed by atoms with E-state index in [0.29, 0.717) is 0 Å². The molecule has 2 aromatic carbocycles. The number of fused-ring (bicyclic) bond motifs is 2. The van der Waals surface area contributed by atoms with Crippen molar-refractivity contribution in [3.8, 4) is 17.2 Å². The van der Waals surface area contributed by atoms with Crippen LogP contribution >= 0.6 is 0 Å². The fourth-order valence-corrected chi connectivity index (χ4v) is 3.62. The van der Waals surface area contributed by atoms with Crippen LogP contribution in [0.5, 0.6) is 17.2 Å². The highest BCUT2D eigenvalue weighted by atomic mass is 16.5. The standard InChI is InChI=1S/C19H18O10/c20-5-11-15(25)16(26)17(27)19(29-11)13-9(23)4-8(22)12-14(24)7-3-6(21)1-2-10(7)28-18(12)13/h1-4,11,15-17,19-23,25-27H,5H2/t11-,15-,16+,17-,19+/m1/s1. The van der Waals surface area contributed by atoms with Crippen molar-refractivity contribution in [1.29, 1.82) is 0 Å². The normalized spacial score (nSPS) is 27.5. The van der Waals surface area contributed by atoms with Crippen molar-refractivity contribution in [3.05, 3.63) is 40.1 Å². The van der Waals surface area contributed by atoms with E-state index in [1.165, 1.54) is 12.1 Å². The van der Waals surface area contributed by atoms with Crippen LogP contribution in [0.15, 0.2) is 33.5 Å². The van der Waals surface area contributed by atoms with Crippen LogP contribution in [0.25, 0.3) is 21.9 Å². The molecule has 0 radical (unpaired) electrons. The van der Waals surface area contributed by atoms with Crippen LogP contribution in [-0.4, -0.2) is 66.8 Å². The molecule has 10 nitrogen and oxygen atoms in total. The summed E-state index contributed by atoms with van der Waals surface area (Å²) < 4.78 is 11.1. The van der Waals surface area contributed by atoms with E-state index in [0.717, 1.165) is 12.1 Å². The molecule has 0 saturated carbocycles. The first-order valence-electron chi connectivity index (χ1n) is 8.69. The maximum atomic E-state index is 12.9. The Morgan fingerprint density at radius 3 is 2.34 bits per heavy atom. The third-order valence-corrected chi connectivity index (χ3v) is 5.10. The van der Waals surface area contributed by atoms with Gasteiger partial charge in [0.2, 0.25) is 5.43 Å². The molecule has 10 heteroatoms. The van der Waals surface area contributed by atoms with Gasteiger partial charge in [-0.05, 0) is 18.2 Å². The Bertz CT molecular complexity index is 1150. The Balaban J connectivity index is 2.03. The molecule has 1 fully saturated rings. The SMILES string of the molecule is O=c1c2cc(O)ccc2oc2c([C@@H]3O[C@H](CO)[C@@H](O)[C@H](O)[C@H]3O)c(O)cc(O)c12. The van der Waals surface area contributed by atoms with Gasteiger partial charge in [0.1, 0.15) is 58.7 Å². The van der Waals surface area contributed by atoms with Gasteiger partial charge in [0, 0.05) is 6.07 Å². The molecule has 0 aliphatic carbocycles. The molecule has 5 atom stereocenters. The van der Waals surface area contributed by atoms with Crippen molar-refractivity contribution >= 4 is 21.9 Å². The third-order valence-electron chi connectivity index (χ3n) is 5.10. The number of aliphatic hydroxyl groups excluding tert-OH is 4. The Morgan fingerprint density at radius 1 is 0.931 bits per heavy atom. The van der Waals surface area contributed by atoms with Crippen LogP contribution < -0.4 is 5.43 Å². The lowest BCUT2D eigenvalue weighted by Gasteiger charge is -2.40. The Hall–Kier alpha value is -2.89. The van der Waals surface area contributed by atoms with E-state index in [1.807, 2.05) is 0 Å². The molecule has 2 heterocycles. The maximum Gasteiger partial charge on any atom is 0.204 e. The quantitative estimate of drug-likeness (QED) is 0.276. The average Bonchev–Trinajstić information content (AvgIpc) is 2.68. The molecule has 154 valence electrons. The van der Waals surface area contributed by atoms with Crippen molar-refractivity contribution in [2.75, 3.05) is 6.61 Å². The number of benzene rings is 2. The van der Waals surface area contributed by atoms with Crippen molar-refractivity contribution in [2.45, 2.75) is 30.5 Å². The van der Waals surface area contributed by atoms with Gasteiger partial charge in [-0.1, -0.05) is 0 Å². The van der Waals surface area contributed by atoms with Gasteiger partial charge >= 0.3 is 0 Å². The first kappa shape index (κ1) is 19.4. The fraction of sp³-hybridized carbons (Fsp3) is 0.316. The van der Waals surface area contributed by atoms with Crippen LogP contribution in [0.4, 0.5) is 0 Å². The predicted octanol–water partition coefficient (Wildman–Crippen LogP) is -0.422. The third kappa shape index (κ3) is 2.89. The monoisotopic (exact) mass is 406 g/mol. The zero-order chi connectivity index (χ0) is 21.0. The van der Waals surface area contributed by atoms with Gasteiger partial charge < -0.3 is 44.9 Å². The van der Waals surface area contributed by atoms with E-state index >= 15 is 0 Å². The van der Waals surface area contributed by atoms with E-state index in [4.69, 9.17) is 9.15 Å². The summed E-state index contributed by atoms with van der Waals surface area (Å²) in [5.74, 6) is -1.40. The molecule has 0 amide bonds. The first-order chi connectivity index (χ1) is 13.7. The minimum atomic E-state index is -1.74. The van der Waals surface area contributed by atoms with Crippen molar-refractivity contribution < 1.29 is 44.9 Å². The van der Waals surface area contributed by atoms with Crippen LogP contribution in [0.2, 0.25) is 0 Å². The lowest BCUT2D eigenvalue weighted by Crippen LogP contribution is -2.55. The van der Waals surface area contributed by atoms with Gasteiger partial charge in [-0.2, -0.15) is 0 Å². The van der Waals surface area contributed by atoms with Crippen molar-refractivity contribution in [3.63, 3.8) is 0 Å². The first-order valence-corrected chi connectivity index (χ1v) is 8.69. The van der Waals surface area contributed by atoms with Gasteiger partial charge in [-0.3, -0.25) is 4.79 Å². The summed E-state index contributed by atoms with van der Waals surface area (Å²) in [6.07, 6.45) is -7.84. The number of ether oxygens (including phenoxy) is 1. The molecule has 29 heavy (non-hydrogen) atoms. The highest BCUT2D eigenvalue weighted by Crippen LogP contribution is 2.43. The van der Waals surface area contributed by atoms with E-state index in [1.54, 1.807) is 0 Å². The molecule has 4 rings (SSSR count). The number of aliphatic hydroxyl groups is 4. The molecule has 1 aliphatic rings. The summed E-state index contributed by atoms with van der Waals surface area (Å²) in [5.41, 5.74) is -1.24. The van der Waals surface area contributed by atoms with Crippen LogP contribution in [0, 0.1) is 0 Å². The molecule has 1 aliphatic heterocycles. The predicted molar refractivity (Wildman–Crippen MR) is 97.7 cm³/mol. The van der Waals surface area contributed by atoms with Gasteiger partial charge in [0.15, 0.2) is 5.58 Å². The van der Waals surface area contributed by atoms with Crippen LogP contribution in [0.1, 0.15) is 11.7 Å². The average molecular weight is 406 g/mol. The Labute approximate surface area is 162 Å². The van der Waals surface area contributed by atoms with Crippen LogP contribution in [-0.2, 0) is 4.74 Å². The van der Waals surface area contributed by atoms with Gasteiger partial charge in [-0.15, -0.1) is 0 Å². The summed E-state index contributed by atoms with van der Waals surface area (Å²) in [6.45, 7) is -0.690. The number of rotatable bonds is 2. The van der Waals surface area contributed by atoms with Gasteiger partial charge in [-0.25, -0.2) is 0 Å². The summed E-state index contributed by atoms with van der Waals surface area (Å²) in [6, 6.07) is 4.59. The van der Waals surface area contributed by atoms with Gasteiger partial charge in [0.05, 0.1) is 17.6 Å². The summed E-state index contributed by atoms with van der Waals surface area (Å²) in [7, 11) is 0. The van der Waals surface area contributed by atoms with E-state index in [9.17, 15) is 40.5 Å². The number of aromatic hydroxyl groups is 3. The molecule has 1 saturated heterocycles. The molecular weight excluding hydrogens is 388 g/mol. The molecule has 7 N–H and O–H groups in total. The van der Waals surface area contributed by atoms with E-state index < -0.39 is 54.1 Å². The van der Waals surface area contributed by atoms with Crippen molar-refractivity contribution in [2.24, 2.45) is 0 Å². The van der Waals surface area contributed by atoms with Gasteiger partial charge in [0.25, 0.3) is 0 Å². The Morgan fingerprint density at radius 2 is 1.66 bits per heavy atom. The second kappa shape index (κ2) is 6.87. The van der Waals surface area contributed by atoms with E-state index in [-0.39, 0.29) is 33.3 Å². The zero-order valence-corrected chi connectivity index (χ0v) is 14.8. The van der Waals surface area contributed by atoms with E-state index in [2.05, 4.69) is 0 Å². The largest absolute Gasteiger partial charge is 0.508 e. The molecular formula is C19H18O10. The smallest absolute Gasteiger partial charge is 0.204 e. The summed E-state index contributed by atoms with van der Waals surface area (Å²) >= 11 is 0. The van der Waals surface area contributed by atoms with Crippen molar-refractivity contribution in [1.82, 2.24) is 0 Å².